The average molecular weight is 382 g/mol. The van der Waals surface area contributed by atoms with Gasteiger partial charge in [-0.3, -0.25) is 0 Å². The second kappa shape index (κ2) is 13.2. The molecule has 1 aromatic rings. The van der Waals surface area contributed by atoms with Gasteiger partial charge in [0.2, 0.25) is 0 Å². The van der Waals surface area contributed by atoms with E-state index in [0.29, 0.717) is 26.2 Å². The Labute approximate surface area is 160 Å². The van der Waals surface area contributed by atoms with Gasteiger partial charge < -0.3 is 24.4 Å². The van der Waals surface area contributed by atoms with Gasteiger partial charge in [-0.15, -0.1) is 0 Å². The molecule has 0 aliphatic carbocycles. The van der Waals surface area contributed by atoms with Crippen molar-refractivity contribution in [3.63, 3.8) is 0 Å². The highest BCUT2D eigenvalue weighted by molar-refractivity contribution is 6.03. The van der Waals surface area contributed by atoms with E-state index in [4.69, 9.17) is 19.7 Å². The summed E-state index contributed by atoms with van der Waals surface area (Å²) >= 11 is 0. The number of unbranched alkanes of at least 4 members (excludes halogenated alkanes) is 2. The Kier molecular flexibility index (Phi) is 11.3. The van der Waals surface area contributed by atoms with Gasteiger partial charge in [0.1, 0.15) is 6.10 Å². The summed E-state index contributed by atoms with van der Waals surface area (Å²) in [5, 5.41) is 17.1. The first kappa shape index (κ1) is 23.1. The van der Waals surface area contributed by atoms with Crippen LogP contribution in [-0.2, 0) is 14.2 Å². The van der Waals surface area contributed by atoms with E-state index in [1.807, 2.05) is 13.8 Å². The summed E-state index contributed by atoms with van der Waals surface area (Å²) in [5.74, 6) is -0.942. The maximum atomic E-state index is 11.9. The van der Waals surface area contributed by atoms with Crippen molar-refractivity contribution in [3.05, 3.63) is 35.4 Å². The third-order valence-corrected chi connectivity index (χ3v) is 3.86. The Hall–Kier alpha value is -1.96. The van der Waals surface area contributed by atoms with E-state index in [-0.39, 0.29) is 11.1 Å². The van der Waals surface area contributed by atoms with Crippen molar-refractivity contribution in [1.29, 1.82) is 0 Å². The van der Waals surface area contributed by atoms with Crippen LogP contribution in [0.5, 0.6) is 0 Å². The smallest absolute Gasteiger partial charge is 0.339 e. The van der Waals surface area contributed by atoms with Crippen molar-refractivity contribution in [1.82, 2.24) is 0 Å². The number of ether oxygens (including phenoxy) is 3. The first-order chi connectivity index (χ1) is 13.0. The largest absolute Gasteiger partial charge is 0.462 e. The molecule has 2 atom stereocenters. The van der Waals surface area contributed by atoms with Gasteiger partial charge in [-0.25, -0.2) is 9.59 Å². The molecule has 2 rings (SSSR count). The van der Waals surface area contributed by atoms with E-state index >= 15 is 0 Å². The van der Waals surface area contributed by atoms with Crippen LogP contribution < -0.4 is 0 Å². The summed E-state index contributed by atoms with van der Waals surface area (Å²) in [5.41, 5.74) is 0.537. The Morgan fingerprint density at radius 3 is 1.78 bits per heavy atom. The summed E-state index contributed by atoms with van der Waals surface area (Å²) in [4.78, 5) is 23.9. The van der Waals surface area contributed by atoms with E-state index in [2.05, 4.69) is 4.74 Å². The number of hydrogen-bond acceptors (Lipinski definition) is 7. The Bertz CT molecular complexity index is 524. The summed E-state index contributed by atoms with van der Waals surface area (Å²) < 4.78 is 14.8. The number of benzene rings is 1. The molecule has 2 N–H and O–H groups in total. The molecule has 1 heterocycles. The molecule has 7 heteroatoms. The van der Waals surface area contributed by atoms with Gasteiger partial charge in [-0.2, -0.15) is 0 Å². The molecule has 0 amide bonds. The lowest BCUT2D eigenvalue weighted by Crippen LogP contribution is -2.18. The number of aliphatic hydroxyl groups is 2. The fourth-order valence-electron chi connectivity index (χ4n) is 2.18. The molecule has 1 fully saturated rings. The molecule has 152 valence electrons. The minimum atomic E-state index is -0.931. The van der Waals surface area contributed by atoms with Crippen LogP contribution in [0, 0.1) is 0 Å². The molecule has 1 aliphatic rings. The standard InChI is InChI=1S/C16H22O4.C4H8O3/c1-3-5-11-19-15(17)13-9-7-8-10-14(13)16(18)20-12-6-4-2;5-3-1-2-7-4(3)6/h7-10H,3-6,11-12H2,1-2H3;3-6H,1-2H2. The lowest BCUT2D eigenvalue weighted by molar-refractivity contribution is -0.107. The summed E-state index contributed by atoms with van der Waals surface area (Å²) in [6, 6.07) is 6.59. The molecule has 1 aliphatic heterocycles. The number of aliphatic hydroxyl groups excluding tert-OH is 2. The number of carbonyl (C=O) groups is 2. The van der Waals surface area contributed by atoms with Gasteiger partial charge >= 0.3 is 11.9 Å². The van der Waals surface area contributed by atoms with Gasteiger partial charge in [0.05, 0.1) is 30.9 Å². The minimum Gasteiger partial charge on any atom is -0.462 e. The monoisotopic (exact) mass is 382 g/mol. The van der Waals surface area contributed by atoms with Crippen molar-refractivity contribution in [2.24, 2.45) is 0 Å². The number of carbonyl (C=O) groups excluding carboxylic acids is 2. The molecule has 27 heavy (non-hydrogen) atoms. The van der Waals surface area contributed by atoms with Crippen LogP contribution in [0.1, 0.15) is 66.7 Å². The van der Waals surface area contributed by atoms with Crippen molar-refractivity contribution < 1.29 is 34.0 Å². The van der Waals surface area contributed by atoms with Gasteiger partial charge in [0.25, 0.3) is 0 Å². The van der Waals surface area contributed by atoms with E-state index in [9.17, 15) is 9.59 Å². The van der Waals surface area contributed by atoms with Gasteiger partial charge in [-0.1, -0.05) is 38.8 Å². The molecule has 7 nitrogen and oxygen atoms in total. The molecule has 1 aromatic carbocycles. The van der Waals surface area contributed by atoms with Gasteiger partial charge in [0, 0.05) is 6.42 Å². The third kappa shape index (κ3) is 8.51. The Balaban J connectivity index is 0.000000433. The minimum absolute atomic E-state index is 0.269. The van der Waals surface area contributed by atoms with Crippen molar-refractivity contribution in [2.75, 3.05) is 19.8 Å². The number of rotatable bonds is 8. The van der Waals surface area contributed by atoms with Crippen LogP contribution in [0.15, 0.2) is 24.3 Å². The van der Waals surface area contributed by atoms with Crippen LogP contribution in [0.4, 0.5) is 0 Å². The van der Waals surface area contributed by atoms with E-state index in [1.54, 1.807) is 24.3 Å². The average Bonchev–Trinajstić information content (AvgIpc) is 3.05. The molecule has 2 unspecified atom stereocenters. The van der Waals surface area contributed by atoms with Crippen LogP contribution in [0.25, 0.3) is 0 Å². The van der Waals surface area contributed by atoms with E-state index in [0.717, 1.165) is 25.7 Å². The second-order valence-electron chi connectivity index (χ2n) is 6.14. The predicted octanol–water partition coefficient (Wildman–Crippen LogP) is 2.69. The van der Waals surface area contributed by atoms with E-state index < -0.39 is 24.3 Å². The van der Waals surface area contributed by atoms with Crippen LogP contribution >= 0.6 is 0 Å². The normalized spacial score (nSPS) is 18.4. The molecule has 0 aromatic heterocycles. The molecule has 0 bridgehead atoms. The number of esters is 2. The third-order valence-electron chi connectivity index (χ3n) is 3.86. The highest BCUT2D eigenvalue weighted by atomic mass is 16.6. The molecular formula is C20H30O7. The van der Waals surface area contributed by atoms with E-state index in [1.165, 1.54) is 0 Å². The van der Waals surface area contributed by atoms with Crippen molar-refractivity contribution in [3.8, 4) is 0 Å². The SMILES string of the molecule is CCCCOC(=O)c1ccccc1C(=O)OCCCC.OC1CCOC1O. The highest BCUT2D eigenvalue weighted by Gasteiger charge is 2.22. The topological polar surface area (TPSA) is 102 Å². The first-order valence-corrected chi connectivity index (χ1v) is 9.42. The Morgan fingerprint density at radius 2 is 1.48 bits per heavy atom. The van der Waals surface area contributed by atoms with Crippen molar-refractivity contribution >= 4 is 11.9 Å². The summed E-state index contributed by atoms with van der Waals surface area (Å²) in [6.45, 7) is 5.26. The summed E-state index contributed by atoms with van der Waals surface area (Å²) in [7, 11) is 0. The second-order valence-corrected chi connectivity index (χ2v) is 6.14. The lowest BCUT2D eigenvalue weighted by atomic mass is 10.1. The maximum Gasteiger partial charge on any atom is 0.339 e. The van der Waals surface area contributed by atoms with Gasteiger partial charge in [-0.05, 0) is 25.0 Å². The van der Waals surface area contributed by atoms with Crippen LogP contribution in [0.3, 0.4) is 0 Å². The number of hydrogen-bond donors (Lipinski definition) is 2. The predicted molar refractivity (Wildman–Crippen MR) is 99.4 cm³/mol. The van der Waals surface area contributed by atoms with Crippen LogP contribution in [-0.4, -0.2) is 54.4 Å². The molecular weight excluding hydrogens is 352 g/mol. The molecule has 0 radical (unpaired) electrons. The van der Waals surface area contributed by atoms with Crippen LogP contribution in [0.2, 0.25) is 0 Å². The maximum absolute atomic E-state index is 11.9. The highest BCUT2D eigenvalue weighted by Crippen LogP contribution is 2.13. The zero-order valence-electron chi connectivity index (χ0n) is 16.1. The zero-order valence-corrected chi connectivity index (χ0v) is 16.1. The Morgan fingerprint density at radius 1 is 1.00 bits per heavy atom. The fourth-order valence-corrected chi connectivity index (χ4v) is 2.18. The first-order valence-electron chi connectivity index (χ1n) is 9.42. The van der Waals surface area contributed by atoms with Crippen molar-refractivity contribution in [2.45, 2.75) is 58.3 Å². The fraction of sp³-hybridized carbons (Fsp3) is 0.600. The zero-order chi connectivity index (χ0) is 20.1. The van der Waals surface area contributed by atoms with Gasteiger partial charge in [0.15, 0.2) is 6.29 Å². The lowest BCUT2D eigenvalue weighted by Gasteiger charge is -2.09. The summed E-state index contributed by atoms with van der Waals surface area (Å²) in [6.07, 6.45) is 2.51. The molecule has 0 spiro atoms. The molecule has 1 saturated heterocycles. The quantitative estimate of drug-likeness (QED) is 0.526. The molecule has 0 saturated carbocycles.